The molecule has 2 atom stereocenters. The molecule has 0 amide bonds. The van der Waals surface area contributed by atoms with Crippen LogP contribution in [0.1, 0.15) is 29.7 Å². The predicted molar refractivity (Wildman–Crippen MR) is 87.2 cm³/mol. The van der Waals surface area contributed by atoms with Crippen molar-refractivity contribution in [1.82, 2.24) is 15.1 Å². The minimum Gasteiger partial charge on any atom is -0.339 e. The molecule has 0 spiro atoms. The highest BCUT2D eigenvalue weighted by Crippen LogP contribution is 2.54. The van der Waals surface area contributed by atoms with Crippen LogP contribution in [0.15, 0.2) is 58.2 Å². The molecule has 24 heavy (non-hydrogen) atoms. The fraction of sp³-hybridized carbons (Fsp3) is 0.235. The van der Waals surface area contributed by atoms with Gasteiger partial charge < -0.3 is 4.52 Å². The van der Waals surface area contributed by atoms with E-state index in [1.54, 1.807) is 30.5 Å². The molecule has 0 saturated heterocycles. The number of pyridine rings is 1. The molecule has 3 aromatic rings. The fourth-order valence-corrected chi connectivity index (χ4v) is 3.42. The van der Waals surface area contributed by atoms with E-state index in [2.05, 4.69) is 21.2 Å². The van der Waals surface area contributed by atoms with Crippen molar-refractivity contribution in [2.24, 2.45) is 0 Å². The van der Waals surface area contributed by atoms with Crippen LogP contribution in [0.4, 0.5) is 0 Å². The average Bonchev–Trinajstić information content (AvgIpc) is 3.24. The maximum atomic E-state index is 11.5. The van der Waals surface area contributed by atoms with Gasteiger partial charge in [-0.2, -0.15) is 4.98 Å². The average molecular weight is 341 g/mol. The summed E-state index contributed by atoms with van der Waals surface area (Å²) in [6, 6.07) is 10.5. The van der Waals surface area contributed by atoms with E-state index in [9.17, 15) is 8.42 Å². The molecule has 1 aliphatic carbocycles. The first-order chi connectivity index (χ1) is 11.5. The lowest BCUT2D eigenvalue weighted by Gasteiger charge is -1.98. The first kappa shape index (κ1) is 15.0. The van der Waals surface area contributed by atoms with Gasteiger partial charge in [0.1, 0.15) is 0 Å². The highest BCUT2D eigenvalue weighted by molar-refractivity contribution is 7.90. The Hall–Kier alpha value is -2.54. The van der Waals surface area contributed by atoms with Gasteiger partial charge in [-0.25, -0.2) is 8.42 Å². The first-order valence-corrected chi connectivity index (χ1v) is 9.45. The number of hydrogen-bond acceptors (Lipinski definition) is 6. The van der Waals surface area contributed by atoms with Gasteiger partial charge in [-0.15, -0.1) is 0 Å². The van der Waals surface area contributed by atoms with Crippen LogP contribution in [0.5, 0.6) is 0 Å². The Morgan fingerprint density at radius 3 is 2.58 bits per heavy atom. The quantitative estimate of drug-likeness (QED) is 0.725. The van der Waals surface area contributed by atoms with Gasteiger partial charge in [-0.1, -0.05) is 11.2 Å². The summed E-state index contributed by atoms with van der Waals surface area (Å²) < 4.78 is 28.4. The number of sulfone groups is 1. The maximum Gasteiger partial charge on any atom is 0.230 e. The van der Waals surface area contributed by atoms with E-state index >= 15 is 0 Å². The Morgan fingerprint density at radius 2 is 1.92 bits per heavy atom. The summed E-state index contributed by atoms with van der Waals surface area (Å²) in [4.78, 5) is 8.87. The molecule has 1 fully saturated rings. The molecule has 1 aliphatic rings. The van der Waals surface area contributed by atoms with Gasteiger partial charge in [0.2, 0.25) is 11.7 Å². The molecular weight excluding hydrogens is 326 g/mol. The third kappa shape index (κ3) is 2.82. The van der Waals surface area contributed by atoms with E-state index in [0.29, 0.717) is 17.6 Å². The van der Waals surface area contributed by atoms with Crippen LogP contribution in [-0.4, -0.2) is 29.8 Å². The smallest absolute Gasteiger partial charge is 0.230 e. The molecule has 0 bridgehead atoms. The second kappa shape index (κ2) is 5.52. The normalized spacial score (nSPS) is 20.0. The Kier molecular flexibility index (Phi) is 3.45. The van der Waals surface area contributed by atoms with Crippen molar-refractivity contribution in [2.75, 3.05) is 6.26 Å². The van der Waals surface area contributed by atoms with Gasteiger partial charge in [0.15, 0.2) is 9.84 Å². The monoisotopic (exact) mass is 341 g/mol. The van der Waals surface area contributed by atoms with Gasteiger partial charge in [0, 0.05) is 30.1 Å². The van der Waals surface area contributed by atoms with Crippen molar-refractivity contribution in [3.05, 3.63) is 60.2 Å². The van der Waals surface area contributed by atoms with E-state index in [1.807, 2.05) is 12.3 Å². The van der Waals surface area contributed by atoms with Gasteiger partial charge >= 0.3 is 0 Å². The molecule has 0 N–H and O–H groups in total. The summed E-state index contributed by atoms with van der Waals surface area (Å²) in [5.41, 5.74) is 1.91. The predicted octanol–water partition coefficient (Wildman–Crippen LogP) is 2.81. The van der Waals surface area contributed by atoms with Crippen molar-refractivity contribution in [2.45, 2.75) is 23.2 Å². The third-order valence-corrected chi connectivity index (χ3v) is 5.33. The van der Waals surface area contributed by atoms with E-state index in [-0.39, 0.29) is 10.8 Å². The highest BCUT2D eigenvalue weighted by atomic mass is 32.2. The molecule has 1 saturated carbocycles. The zero-order valence-electron chi connectivity index (χ0n) is 13.0. The lowest BCUT2D eigenvalue weighted by molar-refractivity contribution is 0.378. The lowest BCUT2D eigenvalue weighted by atomic mass is 10.1. The first-order valence-electron chi connectivity index (χ1n) is 7.56. The van der Waals surface area contributed by atoms with Crippen LogP contribution in [0.3, 0.4) is 0 Å². The van der Waals surface area contributed by atoms with Crippen LogP contribution in [-0.2, 0) is 9.84 Å². The molecule has 0 radical (unpaired) electrons. The van der Waals surface area contributed by atoms with Crippen molar-refractivity contribution in [3.63, 3.8) is 0 Å². The van der Waals surface area contributed by atoms with Crippen LogP contribution in [0.25, 0.3) is 11.4 Å². The third-order valence-electron chi connectivity index (χ3n) is 4.20. The Bertz CT molecular complexity index is 966. The van der Waals surface area contributed by atoms with Crippen LogP contribution in [0.2, 0.25) is 0 Å². The number of nitrogens with zero attached hydrogens (tertiary/aromatic N) is 3. The second-order valence-electron chi connectivity index (χ2n) is 5.99. The Labute approximate surface area is 139 Å². The standard InChI is InChI=1S/C17H15N3O3S/c1-24(21,22)13-6-4-11(5-7-13)16-19-17(23-20-16)15-9-14(15)12-3-2-8-18-10-12/h2-8,10,14-15H,9H2,1H3/t14-,15-/m1/s1. The van der Waals surface area contributed by atoms with E-state index in [1.165, 1.54) is 11.8 Å². The second-order valence-corrected chi connectivity index (χ2v) is 8.00. The van der Waals surface area contributed by atoms with Gasteiger partial charge in [0.05, 0.1) is 4.90 Å². The fourth-order valence-electron chi connectivity index (χ4n) is 2.79. The molecule has 4 rings (SSSR count). The van der Waals surface area contributed by atoms with Crippen LogP contribution >= 0.6 is 0 Å². The number of aromatic nitrogens is 3. The van der Waals surface area contributed by atoms with Crippen molar-refractivity contribution in [1.29, 1.82) is 0 Å². The van der Waals surface area contributed by atoms with Crippen LogP contribution in [0, 0.1) is 0 Å². The minimum atomic E-state index is -3.21. The SMILES string of the molecule is CS(=O)(=O)c1ccc(-c2noc([C@@H]3C[C@@H]3c3cccnc3)n2)cc1. The summed E-state index contributed by atoms with van der Waals surface area (Å²) in [6.07, 6.45) is 5.78. The zero-order valence-corrected chi connectivity index (χ0v) is 13.8. The number of benzene rings is 1. The molecule has 0 unspecified atom stereocenters. The Balaban J connectivity index is 1.54. The summed E-state index contributed by atoms with van der Waals surface area (Å²) in [7, 11) is -3.21. The van der Waals surface area contributed by atoms with Gasteiger partial charge in [0.25, 0.3) is 0 Å². The Morgan fingerprint density at radius 1 is 1.12 bits per heavy atom. The molecule has 2 aromatic heterocycles. The molecule has 2 heterocycles. The van der Waals surface area contributed by atoms with Crippen molar-refractivity contribution in [3.8, 4) is 11.4 Å². The maximum absolute atomic E-state index is 11.5. The molecule has 122 valence electrons. The van der Waals surface area contributed by atoms with E-state index in [4.69, 9.17) is 4.52 Å². The largest absolute Gasteiger partial charge is 0.339 e. The summed E-state index contributed by atoms with van der Waals surface area (Å²) in [6.45, 7) is 0. The summed E-state index contributed by atoms with van der Waals surface area (Å²) in [5, 5.41) is 4.02. The van der Waals surface area contributed by atoms with E-state index < -0.39 is 9.84 Å². The van der Waals surface area contributed by atoms with Gasteiger partial charge in [-0.3, -0.25) is 4.98 Å². The van der Waals surface area contributed by atoms with Crippen molar-refractivity contribution >= 4 is 9.84 Å². The molecule has 6 nitrogen and oxygen atoms in total. The van der Waals surface area contributed by atoms with Gasteiger partial charge in [-0.05, 0) is 48.2 Å². The number of rotatable bonds is 4. The molecule has 0 aliphatic heterocycles. The minimum absolute atomic E-state index is 0.228. The lowest BCUT2D eigenvalue weighted by Crippen LogP contribution is -1.96. The highest BCUT2D eigenvalue weighted by Gasteiger charge is 2.43. The summed E-state index contributed by atoms with van der Waals surface area (Å²) >= 11 is 0. The topological polar surface area (TPSA) is 86.0 Å². The van der Waals surface area contributed by atoms with E-state index in [0.717, 1.165) is 12.0 Å². The number of hydrogen-bond donors (Lipinski definition) is 0. The summed E-state index contributed by atoms with van der Waals surface area (Å²) in [5.74, 6) is 1.69. The zero-order chi connectivity index (χ0) is 16.7. The molecule has 1 aromatic carbocycles. The van der Waals surface area contributed by atoms with Crippen molar-refractivity contribution < 1.29 is 12.9 Å². The molecular formula is C17H15N3O3S. The van der Waals surface area contributed by atoms with Crippen LogP contribution < -0.4 is 0 Å². The molecule has 7 heteroatoms.